The largest absolute Gasteiger partial charge is 0.312 e. The fourth-order valence-electron chi connectivity index (χ4n) is 2.02. The number of rotatable bonds is 4. The summed E-state index contributed by atoms with van der Waals surface area (Å²) in [5.41, 5.74) is 0. The molecule has 1 aromatic carbocycles. The fraction of sp³-hybridized carbons (Fsp3) is 0.538. The van der Waals surface area contributed by atoms with Crippen molar-refractivity contribution in [2.24, 2.45) is 0 Å². The normalized spacial score (nSPS) is 22.2. The molecule has 0 amide bonds. The molecule has 88 valence electrons. The third-order valence-corrected chi connectivity index (χ3v) is 3.86. The molecule has 0 unspecified atom stereocenters. The lowest BCUT2D eigenvalue weighted by molar-refractivity contribution is 0.218. The van der Waals surface area contributed by atoms with E-state index < -0.39 is 0 Å². The van der Waals surface area contributed by atoms with Gasteiger partial charge in [-0.3, -0.25) is 4.90 Å². The lowest BCUT2D eigenvalue weighted by Crippen LogP contribution is -2.49. The van der Waals surface area contributed by atoms with Crippen LogP contribution in [-0.4, -0.2) is 42.9 Å². The van der Waals surface area contributed by atoms with Gasteiger partial charge in [-0.05, 0) is 19.1 Å². The molecular weight excluding hydrogens is 216 g/mol. The molecule has 1 aliphatic heterocycles. The topological polar surface area (TPSA) is 15.3 Å². The summed E-state index contributed by atoms with van der Waals surface area (Å²) in [6.07, 6.45) is 0. The average molecular weight is 236 g/mol. The van der Waals surface area contributed by atoms with Gasteiger partial charge >= 0.3 is 0 Å². The van der Waals surface area contributed by atoms with E-state index in [4.69, 9.17) is 0 Å². The van der Waals surface area contributed by atoms with Crippen molar-refractivity contribution in [2.45, 2.75) is 17.9 Å². The van der Waals surface area contributed by atoms with Crippen molar-refractivity contribution in [1.82, 2.24) is 10.2 Å². The van der Waals surface area contributed by atoms with Gasteiger partial charge in [0.2, 0.25) is 0 Å². The molecule has 16 heavy (non-hydrogen) atoms. The first-order valence-electron chi connectivity index (χ1n) is 5.98. The van der Waals surface area contributed by atoms with Crippen LogP contribution in [0.15, 0.2) is 35.2 Å². The quantitative estimate of drug-likeness (QED) is 0.806. The predicted molar refractivity (Wildman–Crippen MR) is 71.1 cm³/mol. The van der Waals surface area contributed by atoms with E-state index >= 15 is 0 Å². The van der Waals surface area contributed by atoms with Gasteiger partial charge in [0, 0.05) is 42.9 Å². The van der Waals surface area contributed by atoms with Crippen molar-refractivity contribution in [2.75, 3.05) is 31.9 Å². The van der Waals surface area contributed by atoms with E-state index in [0.717, 1.165) is 6.54 Å². The van der Waals surface area contributed by atoms with Crippen molar-refractivity contribution in [3.8, 4) is 0 Å². The average Bonchev–Trinajstić information content (AvgIpc) is 2.30. The first-order valence-corrected chi connectivity index (χ1v) is 6.97. The van der Waals surface area contributed by atoms with Gasteiger partial charge in [0.15, 0.2) is 0 Å². The van der Waals surface area contributed by atoms with Crippen LogP contribution < -0.4 is 5.32 Å². The molecule has 0 spiro atoms. The highest BCUT2D eigenvalue weighted by molar-refractivity contribution is 7.99. The third-order valence-electron chi connectivity index (χ3n) is 2.87. The summed E-state index contributed by atoms with van der Waals surface area (Å²) >= 11 is 1.95. The van der Waals surface area contributed by atoms with Gasteiger partial charge in [0.1, 0.15) is 0 Å². The van der Waals surface area contributed by atoms with Crippen molar-refractivity contribution in [3.05, 3.63) is 30.3 Å². The van der Waals surface area contributed by atoms with Gasteiger partial charge in [0.25, 0.3) is 0 Å². The van der Waals surface area contributed by atoms with Crippen LogP contribution in [0.1, 0.15) is 6.92 Å². The fourth-order valence-corrected chi connectivity index (χ4v) is 2.96. The van der Waals surface area contributed by atoms with Gasteiger partial charge in [0.05, 0.1) is 0 Å². The minimum atomic E-state index is 0.649. The zero-order valence-electron chi connectivity index (χ0n) is 9.86. The Morgan fingerprint density at radius 3 is 2.94 bits per heavy atom. The third kappa shape index (κ3) is 3.81. The molecule has 2 rings (SSSR count). The number of hydrogen-bond donors (Lipinski definition) is 1. The Labute approximate surface area is 102 Å². The van der Waals surface area contributed by atoms with Gasteiger partial charge in [-0.25, -0.2) is 0 Å². The SMILES string of the molecule is C[C@@H]1CN(CCSc2ccccc2)CCN1. The van der Waals surface area contributed by atoms with E-state index in [1.807, 2.05) is 11.8 Å². The number of piperazine rings is 1. The number of benzene rings is 1. The molecule has 2 nitrogen and oxygen atoms in total. The zero-order chi connectivity index (χ0) is 11.2. The highest BCUT2D eigenvalue weighted by Gasteiger charge is 2.14. The van der Waals surface area contributed by atoms with E-state index in [0.29, 0.717) is 6.04 Å². The predicted octanol–water partition coefficient (Wildman–Crippen LogP) is 2.07. The van der Waals surface area contributed by atoms with Crippen LogP contribution in [-0.2, 0) is 0 Å². The van der Waals surface area contributed by atoms with E-state index in [2.05, 4.69) is 47.5 Å². The molecular formula is C13H20N2S. The van der Waals surface area contributed by atoms with E-state index in [9.17, 15) is 0 Å². The molecule has 1 N–H and O–H groups in total. The molecule has 0 aromatic heterocycles. The second-order valence-electron chi connectivity index (χ2n) is 4.32. The Kier molecular flexibility index (Phi) is 4.69. The molecule has 1 atom stereocenters. The van der Waals surface area contributed by atoms with Crippen molar-refractivity contribution < 1.29 is 0 Å². The van der Waals surface area contributed by atoms with Crippen LogP contribution in [0.25, 0.3) is 0 Å². The zero-order valence-corrected chi connectivity index (χ0v) is 10.7. The van der Waals surface area contributed by atoms with E-state index in [-0.39, 0.29) is 0 Å². The maximum atomic E-state index is 3.47. The molecule has 0 saturated carbocycles. The Balaban J connectivity index is 1.68. The Morgan fingerprint density at radius 1 is 1.38 bits per heavy atom. The van der Waals surface area contributed by atoms with E-state index in [1.165, 1.54) is 30.3 Å². The summed E-state index contributed by atoms with van der Waals surface area (Å²) in [5, 5.41) is 3.47. The molecule has 1 fully saturated rings. The summed E-state index contributed by atoms with van der Waals surface area (Å²) in [4.78, 5) is 3.93. The smallest absolute Gasteiger partial charge is 0.0167 e. The van der Waals surface area contributed by atoms with Crippen LogP contribution in [0, 0.1) is 0 Å². The number of hydrogen-bond acceptors (Lipinski definition) is 3. The van der Waals surface area contributed by atoms with Gasteiger partial charge in [-0.1, -0.05) is 18.2 Å². The molecule has 1 heterocycles. The van der Waals surface area contributed by atoms with Crippen molar-refractivity contribution >= 4 is 11.8 Å². The van der Waals surface area contributed by atoms with Gasteiger partial charge < -0.3 is 5.32 Å². The molecule has 0 bridgehead atoms. The maximum absolute atomic E-state index is 3.47. The Morgan fingerprint density at radius 2 is 2.19 bits per heavy atom. The number of thioether (sulfide) groups is 1. The molecule has 3 heteroatoms. The van der Waals surface area contributed by atoms with Crippen LogP contribution in [0.3, 0.4) is 0 Å². The van der Waals surface area contributed by atoms with Crippen LogP contribution in [0.4, 0.5) is 0 Å². The second kappa shape index (κ2) is 6.28. The van der Waals surface area contributed by atoms with E-state index in [1.54, 1.807) is 0 Å². The van der Waals surface area contributed by atoms with Crippen LogP contribution >= 0.6 is 11.8 Å². The van der Waals surface area contributed by atoms with Crippen molar-refractivity contribution in [1.29, 1.82) is 0 Å². The number of nitrogens with zero attached hydrogens (tertiary/aromatic N) is 1. The minimum Gasteiger partial charge on any atom is -0.312 e. The standard InChI is InChI=1S/C13H20N2S/c1-12-11-15(8-7-14-12)9-10-16-13-5-3-2-4-6-13/h2-6,12,14H,7-11H2,1H3/t12-/m1/s1. The van der Waals surface area contributed by atoms with Crippen LogP contribution in [0.2, 0.25) is 0 Å². The second-order valence-corrected chi connectivity index (χ2v) is 5.49. The van der Waals surface area contributed by atoms with Gasteiger partial charge in [-0.2, -0.15) is 0 Å². The minimum absolute atomic E-state index is 0.649. The van der Waals surface area contributed by atoms with Crippen molar-refractivity contribution in [3.63, 3.8) is 0 Å². The lowest BCUT2D eigenvalue weighted by Gasteiger charge is -2.31. The lowest BCUT2D eigenvalue weighted by atomic mass is 10.2. The Hall–Kier alpha value is -0.510. The highest BCUT2D eigenvalue weighted by atomic mass is 32.2. The molecule has 0 aliphatic carbocycles. The van der Waals surface area contributed by atoms with Crippen LogP contribution in [0.5, 0.6) is 0 Å². The first-order chi connectivity index (χ1) is 7.84. The maximum Gasteiger partial charge on any atom is 0.0167 e. The summed E-state index contributed by atoms with van der Waals surface area (Å²) in [7, 11) is 0. The molecule has 1 aliphatic rings. The molecule has 0 radical (unpaired) electrons. The summed E-state index contributed by atoms with van der Waals surface area (Å²) in [5.74, 6) is 1.19. The molecule has 1 aromatic rings. The summed E-state index contributed by atoms with van der Waals surface area (Å²) in [6.45, 7) is 6.98. The Bertz CT molecular complexity index is 302. The molecule has 1 saturated heterocycles. The van der Waals surface area contributed by atoms with Gasteiger partial charge in [-0.15, -0.1) is 11.8 Å². The summed E-state index contributed by atoms with van der Waals surface area (Å²) in [6, 6.07) is 11.3. The highest BCUT2D eigenvalue weighted by Crippen LogP contribution is 2.16. The number of nitrogens with one attached hydrogen (secondary N) is 1. The first kappa shape index (κ1) is 12.0. The summed E-state index contributed by atoms with van der Waals surface area (Å²) < 4.78 is 0. The monoisotopic (exact) mass is 236 g/mol.